The van der Waals surface area contributed by atoms with Gasteiger partial charge >= 0.3 is 0 Å². The van der Waals surface area contributed by atoms with Crippen LogP contribution in [0.4, 0.5) is 5.69 Å². The average Bonchev–Trinajstić information content (AvgIpc) is 2.42. The van der Waals surface area contributed by atoms with Gasteiger partial charge in [-0.15, -0.1) is 0 Å². The van der Waals surface area contributed by atoms with Gasteiger partial charge in [0.15, 0.2) is 0 Å². The first-order valence-corrected chi connectivity index (χ1v) is 6.17. The Balaban J connectivity index is 2.23. The minimum atomic E-state index is -0.110. The number of benzene rings is 1. The number of anilines is 1. The molecule has 5 heteroatoms. The van der Waals surface area contributed by atoms with E-state index in [0.29, 0.717) is 17.8 Å². The Labute approximate surface area is 107 Å². The van der Waals surface area contributed by atoms with Gasteiger partial charge in [-0.3, -0.25) is 15.5 Å². The van der Waals surface area contributed by atoms with Crippen LogP contribution < -0.4 is 10.8 Å². The highest BCUT2D eigenvalue weighted by molar-refractivity contribution is 5.94. The second-order valence-electron chi connectivity index (χ2n) is 4.08. The zero-order valence-corrected chi connectivity index (χ0v) is 10.4. The zero-order valence-electron chi connectivity index (χ0n) is 10.4. The zero-order chi connectivity index (χ0) is 13.2. The number of amides is 1. The summed E-state index contributed by atoms with van der Waals surface area (Å²) >= 11 is 0. The number of carbonyl (C=O) groups is 1. The molecule has 0 aliphatic rings. The van der Waals surface area contributed by atoms with Crippen molar-refractivity contribution in [2.45, 2.75) is 25.7 Å². The lowest BCUT2D eigenvalue weighted by atomic mass is 10.2. The number of aliphatic hydroxyl groups excluding tert-OH is 1. The van der Waals surface area contributed by atoms with Gasteiger partial charge in [0.05, 0.1) is 5.69 Å². The number of hydrogen-bond donors (Lipinski definition) is 4. The minimum absolute atomic E-state index is 0.110. The summed E-state index contributed by atoms with van der Waals surface area (Å²) in [6, 6.07) is 6.58. The Kier molecular flexibility index (Phi) is 6.83. The van der Waals surface area contributed by atoms with Gasteiger partial charge in [0.25, 0.3) is 5.91 Å². The van der Waals surface area contributed by atoms with Crippen LogP contribution in [0.2, 0.25) is 0 Å². The smallest absolute Gasteiger partial charge is 0.251 e. The van der Waals surface area contributed by atoms with Gasteiger partial charge in [0.2, 0.25) is 0 Å². The number of nitrogens with one attached hydrogen (secondary N) is 2. The third-order valence-electron chi connectivity index (χ3n) is 2.65. The molecule has 0 saturated carbocycles. The first kappa shape index (κ1) is 14.5. The van der Waals surface area contributed by atoms with Crippen LogP contribution in [0.1, 0.15) is 36.0 Å². The molecule has 0 aliphatic heterocycles. The molecule has 0 aliphatic carbocycles. The van der Waals surface area contributed by atoms with Crippen LogP contribution in [0.3, 0.4) is 0 Å². The van der Waals surface area contributed by atoms with Gasteiger partial charge in [-0.25, -0.2) is 0 Å². The summed E-state index contributed by atoms with van der Waals surface area (Å²) in [6.45, 7) is 0.877. The molecule has 0 unspecified atom stereocenters. The van der Waals surface area contributed by atoms with Crippen LogP contribution in [0.15, 0.2) is 24.3 Å². The molecule has 0 fully saturated rings. The third-order valence-corrected chi connectivity index (χ3v) is 2.65. The monoisotopic (exact) mass is 252 g/mol. The second kappa shape index (κ2) is 8.49. The van der Waals surface area contributed by atoms with E-state index in [9.17, 15) is 4.79 Å². The van der Waals surface area contributed by atoms with Crippen molar-refractivity contribution in [3.8, 4) is 0 Å². The fourth-order valence-corrected chi connectivity index (χ4v) is 1.59. The van der Waals surface area contributed by atoms with Crippen LogP contribution in [0.5, 0.6) is 0 Å². The fraction of sp³-hybridized carbons (Fsp3) is 0.462. The van der Waals surface area contributed by atoms with E-state index in [0.717, 1.165) is 25.7 Å². The number of rotatable bonds is 8. The van der Waals surface area contributed by atoms with Crippen LogP contribution in [-0.2, 0) is 0 Å². The third kappa shape index (κ3) is 5.16. The Hall–Kier alpha value is -1.59. The standard InChI is InChI=1S/C13H20N2O3/c16-10-4-2-1-3-9-14-13(17)11-5-7-12(15-18)8-6-11/h5-8,15-16,18H,1-4,9-10H2,(H,14,17). The topological polar surface area (TPSA) is 81.6 Å². The number of hydrogen-bond acceptors (Lipinski definition) is 4. The lowest BCUT2D eigenvalue weighted by molar-refractivity contribution is 0.0953. The van der Waals surface area contributed by atoms with Crippen LogP contribution in [-0.4, -0.2) is 29.4 Å². The molecular weight excluding hydrogens is 232 g/mol. The summed E-state index contributed by atoms with van der Waals surface area (Å²) in [5.74, 6) is -0.110. The summed E-state index contributed by atoms with van der Waals surface area (Å²) in [4.78, 5) is 11.7. The van der Waals surface area contributed by atoms with Crippen LogP contribution in [0, 0.1) is 0 Å². The highest BCUT2D eigenvalue weighted by Gasteiger charge is 2.03. The number of unbranched alkanes of at least 4 members (excludes halogenated alkanes) is 3. The van der Waals surface area contributed by atoms with E-state index in [-0.39, 0.29) is 12.5 Å². The Morgan fingerprint density at radius 1 is 1.06 bits per heavy atom. The van der Waals surface area contributed by atoms with E-state index in [1.54, 1.807) is 24.3 Å². The van der Waals surface area contributed by atoms with Crippen molar-refractivity contribution < 1.29 is 15.1 Å². The molecule has 0 spiro atoms. The lowest BCUT2D eigenvalue weighted by Gasteiger charge is -2.05. The Bertz CT molecular complexity index is 352. The van der Waals surface area contributed by atoms with Crippen LogP contribution in [0.25, 0.3) is 0 Å². The number of aliphatic hydroxyl groups is 1. The normalized spacial score (nSPS) is 10.1. The predicted octanol–water partition coefficient (Wildman–Crippen LogP) is 1.77. The molecule has 1 aromatic carbocycles. The maximum atomic E-state index is 11.7. The molecule has 0 heterocycles. The summed E-state index contributed by atoms with van der Waals surface area (Å²) in [6.07, 6.45) is 3.74. The Morgan fingerprint density at radius 2 is 1.72 bits per heavy atom. The number of carbonyl (C=O) groups excluding carboxylic acids is 1. The molecule has 4 N–H and O–H groups in total. The van der Waals surface area contributed by atoms with Crippen molar-refractivity contribution in [2.24, 2.45) is 0 Å². The Morgan fingerprint density at radius 3 is 2.33 bits per heavy atom. The summed E-state index contributed by atoms with van der Waals surface area (Å²) in [7, 11) is 0. The fourth-order valence-electron chi connectivity index (χ4n) is 1.59. The first-order valence-electron chi connectivity index (χ1n) is 6.17. The van der Waals surface area contributed by atoms with E-state index < -0.39 is 0 Å². The highest BCUT2D eigenvalue weighted by Crippen LogP contribution is 2.08. The molecule has 0 saturated heterocycles. The van der Waals surface area contributed by atoms with Gasteiger partial charge in [-0.1, -0.05) is 12.8 Å². The SMILES string of the molecule is O=C(NCCCCCCO)c1ccc(NO)cc1. The molecule has 1 rings (SSSR count). The van der Waals surface area contributed by atoms with Gasteiger partial charge in [-0.05, 0) is 37.1 Å². The highest BCUT2D eigenvalue weighted by atomic mass is 16.5. The largest absolute Gasteiger partial charge is 0.396 e. The molecule has 18 heavy (non-hydrogen) atoms. The molecule has 0 bridgehead atoms. The summed E-state index contributed by atoms with van der Waals surface area (Å²) < 4.78 is 0. The molecule has 1 aromatic rings. The maximum absolute atomic E-state index is 11.7. The molecule has 0 radical (unpaired) electrons. The lowest BCUT2D eigenvalue weighted by Crippen LogP contribution is -2.24. The van der Waals surface area contributed by atoms with E-state index in [4.69, 9.17) is 10.3 Å². The molecule has 5 nitrogen and oxygen atoms in total. The van der Waals surface area contributed by atoms with E-state index >= 15 is 0 Å². The van der Waals surface area contributed by atoms with E-state index in [1.807, 2.05) is 5.48 Å². The quantitative estimate of drug-likeness (QED) is 0.420. The molecular formula is C13H20N2O3. The summed E-state index contributed by atoms with van der Waals surface area (Å²) in [5, 5.41) is 20.1. The van der Waals surface area contributed by atoms with Crippen molar-refractivity contribution in [1.82, 2.24) is 5.32 Å². The molecule has 0 aromatic heterocycles. The second-order valence-corrected chi connectivity index (χ2v) is 4.08. The van der Waals surface area contributed by atoms with E-state index in [2.05, 4.69) is 5.32 Å². The predicted molar refractivity (Wildman–Crippen MR) is 69.7 cm³/mol. The van der Waals surface area contributed by atoms with Gasteiger partial charge in [-0.2, -0.15) is 0 Å². The minimum Gasteiger partial charge on any atom is -0.396 e. The van der Waals surface area contributed by atoms with Gasteiger partial charge in [0.1, 0.15) is 0 Å². The van der Waals surface area contributed by atoms with Crippen molar-refractivity contribution >= 4 is 11.6 Å². The van der Waals surface area contributed by atoms with Crippen LogP contribution >= 0.6 is 0 Å². The van der Waals surface area contributed by atoms with Crippen molar-refractivity contribution in [1.29, 1.82) is 0 Å². The first-order chi connectivity index (χ1) is 8.77. The van der Waals surface area contributed by atoms with Crippen molar-refractivity contribution in [3.05, 3.63) is 29.8 Å². The van der Waals surface area contributed by atoms with Gasteiger partial charge < -0.3 is 10.4 Å². The average molecular weight is 252 g/mol. The molecule has 0 atom stereocenters. The van der Waals surface area contributed by atoms with Crippen molar-refractivity contribution in [3.63, 3.8) is 0 Å². The van der Waals surface area contributed by atoms with Gasteiger partial charge in [0, 0.05) is 18.7 Å². The summed E-state index contributed by atoms with van der Waals surface area (Å²) in [5.41, 5.74) is 3.14. The maximum Gasteiger partial charge on any atom is 0.251 e. The molecule has 100 valence electrons. The van der Waals surface area contributed by atoms with Crippen molar-refractivity contribution in [2.75, 3.05) is 18.6 Å². The molecule has 1 amide bonds. The van der Waals surface area contributed by atoms with E-state index in [1.165, 1.54) is 0 Å².